The summed E-state index contributed by atoms with van der Waals surface area (Å²) in [7, 11) is 0. The Morgan fingerprint density at radius 2 is 1.64 bits per heavy atom. The van der Waals surface area contributed by atoms with Crippen LogP contribution in [0, 0.1) is 0 Å². The summed E-state index contributed by atoms with van der Waals surface area (Å²) >= 11 is 5.85. The first-order valence-electron chi connectivity index (χ1n) is 8.22. The van der Waals surface area contributed by atoms with Gasteiger partial charge in [0.25, 0.3) is 0 Å². The fourth-order valence-corrected chi connectivity index (χ4v) is 2.33. The fourth-order valence-electron chi connectivity index (χ4n) is 2.20. The Morgan fingerprint density at radius 1 is 1.05 bits per heavy atom. The number of rotatable bonds is 10. The number of benzene rings is 1. The molecule has 1 aromatic rings. The summed E-state index contributed by atoms with van der Waals surface area (Å²) in [6.45, 7) is 4.09. The number of carbonyl (C=O) groups is 1. The second kappa shape index (κ2) is 11.2. The highest BCUT2D eigenvalue weighted by Gasteiger charge is 2.01. The molecule has 0 fully saturated rings. The van der Waals surface area contributed by atoms with Crippen LogP contribution in [0.1, 0.15) is 70.8 Å². The van der Waals surface area contributed by atoms with Crippen LogP contribution in [-0.4, -0.2) is 11.6 Å². The molecule has 0 aromatic heterocycles. The molecule has 0 aliphatic rings. The summed E-state index contributed by atoms with van der Waals surface area (Å²) in [5.41, 5.74) is 4.36. The zero-order valence-electron chi connectivity index (χ0n) is 13.7. The van der Waals surface area contributed by atoms with Gasteiger partial charge in [-0.05, 0) is 31.0 Å². The number of nitrogens with one attached hydrogen (secondary N) is 1. The second-order valence-electron chi connectivity index (χ2n) is 5.61. The molecular formula is C18H27ClN2O. The molecule has 0 heterocycles. The highest BCUT2D eigenvalue weighted by Crippen LogP contribution is 2.10. The lowest BCUT2D eigenvalue weighted by atomic mass is 10.1. The Balaban J connectivity index is 2.19. The zero-order chi connectivity index (χ0) is 16.2. The van der Waals surface area contributed by atoms with Gasteiger partial charge in [0.05, 0.1) is 5.71 Å². The average molecular weight is 323 g/mol. The number of unbranched alkanes of at least 4 members (excludes halogenated alkanes) is 6. The maximum Gasteiger partial charge on any atom is 0.240 e. The van der Waals surface area contributed by atoms with E-state index in [4.69, 9.17) is 11.6 Å². The van der Waals surface area contributed by atoms with Crippen LogP contribution < -0.4 is 5.43 Å². The zero-order valence-corrected chi connectivity index (χ0v) is 14.5. The van der Waals surface area contributed by atoms with Gasteiger partial charge in [0.15, 0.2) is 0 Å². The minimum Gasteiger partial charge on any atom is -0.273 e. The number of carbonyl (C=O) groups excluding carboxylic acids is 1. The molecule has 1 aromatic carbocycles. The monoisotopic (exact) mass is 322 g/mol. The molecule has 122 valence electrons. The van der Waals surface area contributed by atoms with Gasteiger partial charge in [0.2, 0.25) is 5.91 Å². The molecule has 22 heavy (non-hydrogen) atoms. The maximum atomic E-state index is 11.7. The summed E-state index contributed by atoms with van der Waals surface area (Å²) in [5.74, 6) is -0.0122. The van der Waals surface area contributed by atoms with Crippen LogP contribution >= 0.6 is 11.6 Å². The van der Waals surface area contributed by atoms with Crippen molar-refractivity contribution in [3.8, 4) is 0 Å². The molecule has 1 rings (SSSR count). The average Bonchev–Trinajstić information content (AvgIpc) is 2.52. The third-order valence-electron chi connectivity index (χ3n) is 3.62. The lowest BCUT2D eigenvalue weighted by Gasteiger charge is -2.04. The van der Waals surface area contributed by atoms with Gasteiger partial charge in [0.1, 0.15) is 0 Å². The lowest BCUT2D eigenvalue weighted by molar-refractivity contribution is -0.121. The van der Waals surface area contributed by atoms with E-state index in [9.17, 15) is 4.79 Å². The van der Waals surface area contributed by atoms with E-state index in [2.05, 4.69) is 17.5 Å². The van der Waals surface area contributed by atoms with Crippen molar-refractivity contribution in [2.45, 2.75) is 65.2 Å². The summed E-state index contributed by atoms with van der Waals surface area (Å²) in [5, 5.41) is 4.83. The Kier molecular flexibility index (Phi) is 9.56. The van der Waals surface area contributed by atoms with E-state index in [1.54, 1.807) is 0 Å². The van der Waals surface area contributed by atoms with E-state index in [0.717, 1.165) is 24.1 Å². The highest BCUT2D eigenvalue weighted by atomic mass is 35.5. The Bertz CT molecular complexity index is 468. The van der Waals surface area contributed by atoms with Gasteiger partial charge in [-0.2, -0.15) is 5.10 Å². The Morgan fingerprint density at radius 3 is 2.27 bits per heavy atom. The second-order valence-corrected chi connectivity index (χ2v) is 6.05. The van der Waals surface area contributed by atoms with Gasteiger partial charge < -0.3 is 0 Å². The van der Waals surface area contributed by atoms with Crippen LogP contribution in [0.25, 0.3) is 0 Å². The fraction of sp³-hybridized carbons (Fsp3) is 0.556. The van der Waals surface area contributed by atoms with E-state index in [1.165, 1.54) is 32.1 Å². The van der Waals surface area contributed by atoms with Gasteiger partial charge in [-0.1, -0.05) is 69.2 Å². The molecule has 0 aliphatic heterocycles. The number of hydrogen-bond acceptors (Lipinski definition) is 2. The minimum atomic E-state index is -0.0122. The molecule has 3 nitrogen and oxygen atoms in total. The lowest BCUT2D eigenvalue weighted by Crippen LogP contribution is -2.18. The molecule has 0 atom stereocenters. The van der Waals surface area contributed by atoms with Crippen LogP contribution in [0.15, 0.2) is 29.4 Å². The van der Waals surface area contributed by atoms with Crippen molar-refractivity contribution < 1.29 is 4.79 Å². The molecule has 0 spiro atoms. The van der Waals surface area contributed by atoms with Crippen molar-refractivity contribution in [1.82, 2.24) is 5.43 Å². The van der Waals surface area contributed by atoms with E-state index in [1.807, 2.05) is 31.2 Å². The molecule has 1 N–H and O–H groups in total. The molecule has 0 unspecified atom stereocenters. The molecule has 0 saturated carbocycles. The molecule has 1 amide bonds. The number of halogens is 1. The first-order chi connectivity index (χ1) is 10.6. The summed E-state index contributed by atoms with van der Waals surface area (Å²) in [4.78, 5) is 11.7. The molecule has 0 aliphatic carbocycles. The summed E-state index contributed by atoms with van der Waals surface area (Å²) in [6, 6.07) is 7.42. The third-order valence-corrected chi connectivity index (χ3v) is 3.87. The summed E-state index contributed by atoms with van der Waals surface area (Å²) in [6.07, 6.45) is 9.01. The van der Waals surface area contributed by atoms with Crippen LogP contribution in [0.4, 0.5) is 0 Å². The predicted octanol–water partition coefficient (Wildman–Crippen LogP) is 5.32. The quantitative estimate of drug-likeness (QED) is 0.353. The molecule has 0 radical (unpaired) electrons. The summed E-state index contributed by atoms with van der Waals surface area (Å²) < 4.78 is 0. The van der Waals surface area contributed by atoms with Gasteiger partial charge in [-0.15, -0.1) is 0 Å². The normalized spacial score (nSPS) is 11.5. The molecular weight excluding hydrogens is 296 g/mol. The van der Waals surface area contributed by atoms with E-state index >= 15 is 0 Å². The number of hydrogen-bond donors (Lipinski definition) is 1. The SMILES string of the molecule is CCCCCCCCCC(=O)N/N=C(\C)c1ccc(Cl)cc1. The van der Waals surface area contributed by atoms with Gasteiger partial charge in [-0.3, -0.25) is 4.79 Å². The van der Waals surface area contributed by atoms with Crippen molar-refractivity contribution in [3.63, 3.8) is 0 Å². The van der Waals surface area contributed by atoms with Crippen LogP contribution in [0.3, 0.4) is 0 Å². The largest absolute Gasteiger partial charge is 0.273 e. The Labute approximate surface area is 139 Å². The van der Waals surface area contributed by atoms with Crippen molar-refractivity contribution in [2.24, 2.45) is 5.10 Å². The van der Waals surface area contributed by atoms with Crippen LogP contribution in [0.5, 0.6) is 0 Å². The number of amides is 1. The van der Waals surface area contributed by atoms with Crippen molar-refractivity contribution in [2.75, 3.05) is 0 Å². The smallest absolute Gasteiger partial charge is 0.240 e. The van der Waals surface area contributed by atoms with Crippen molar-refractivity contribution in [3.05, 3.63) is 34.9 Å². The third kappa shape index (κ3) is 8.18. The molecule has 4 heteroatoms. The number of hydrazone groups is 1. The predicted molar refractivity (Wildman–Crippen MR) is 94.4 cm³/mol. The first-order valence-corrected chi connectivity index (χ1v) is 8.60. The maximum absolute atomic E-state index is 11.7. The topological polar surface area (TPSA) is 41.5 Å². The highest BCUT2D eigenvalue weighted by molar-refractivity contribution is 6.30. The first kappa shape index (κ1) is 18.7. The Hall–Kier alpha value is -1.35. The minimum absolute atomic E-state index is 0.0122. The van der Waals surface area contributed by atoms with E-state index < -0.39 is 0 Å². The van der Waals surface area contributed by atoms with Crippen LogP contribution in [0.2, 0.25) is 5.02 Å². The van der Waals surface area contributed by atoms with Crippen molar-refractivity contribution >= 4 is 23.2 Å². The van der Waals surface area contributed by atoms with Gasteiger partial charge in [0, 0.05) is 11.4 Å². The van der Waals surface area contributed by atoms with Gasteiger partial charge in [-0.25, -0.2) is 5.43 Å². The van der Waals surface area contributed by atoms with Crippen LogP contribution in [-0.2, 0) is 4.79 Å². The number of nitrogens with zero attached hydrogens (tertiary/aromatic N) is 1. The van der Waals surface area contributed by atoms with E-state index in [-0.39, 0.29) is 5.91 Å². The van der Waals surface area contributed by atoms with E-state index in [0.29, 0.717) is 11.4 Å². The standard InChI is InChI=1S/C18H27ClN2O/c1-3-4-5-6-7-8-9-10-18(22)21-20-15(2)16-11-13-17(19)14-12-16/h11-14H,3-10H2,1-2H3,(H,21,22)/b20-15+. The molecule has 0 saturated heterocycles. The van der Waals surface area contributed by atoms with Crippen molar-refractivity contribution in [1.29, 1.82) is 0 Å². The molecule has 0 bridgehead atoms. The van der Waals surface area contributed by atoms with Gasteiger partial charge >= 0.3 is 0 Å².